The van der Waals surface area contributed by atoms with Gasteiger partial charge in [-0.15, -0.1) is 0 Å². The first kappa shape index (κ1) is 12.5. The Balaban J connectivity index is 2.19. The summed E-state index contributed by atoms with van der Waals surface area (Å²) in [6.07, 6.45) is 1.87. The van der Waals surface area contributed by atoms with E-state index in [4.69, 9.17) is 0 Å². The Bertz CT molecular complexity index is 781. The molecule has 0 unspecified atom stereocenters. The first-order chi connectivity index (χ1) is 9.52. The van der Waals surface area contributed by atoms with Crippen LogP contribution in [0.2, 0.25) is 0 Å². The van der Waals surface area contributed by atoms with Gasteiger partial charge in [-0.3, -0.25) is 24.3 Å². The number of nitrogens with zero attached hydrogens (tertiary/aromatic N) is 2. The van der Waals surface area contributed by atoms with Gasteiger partial charge >= 0.3 is 0 Å². The van der Waals surface area contributed by atoms with Crippen molar-refractivity contribution in [2.75, 3.05) is 0 Å². The highest BCUT2D eigenvalue weighted by Gasteiger charge is 2.41. The number of benzene rings is 1. The molecule has 0 radical (unpaired) electrons. The van der Waals surface area contributed by atoms with Crippen LogP contribution in [0.1, 0.15) is 19.8 Å². The van der Waals surface area contributed by atoms with Crippen molar-refractivity contribution in [2.24, 2.45) is 0 Å². The Morgan fingerprint density at radius 1 is 1.25 bits per heavy atom. The average Bonchev–Trinajstić information content (AvgIpc) is 2.44. The summed E-state index contributed by atoms with van der Waals surface area (Å²) in [4.78, 5) is 40.1. The predicted octanol–water partition coefficient (Wildman–Crippen LogP) is 0.548. The van der Waals surface area contributed by atoms with Gasteiger partial charge in [-0.2, -0.15) is 0 Å². The van der Waals surface area contributed by atoms with E-state index in [-0.39, 0.29) is 24.3 Å². The van der Waals surface area contributed by atoms with E-state index < -0.39 is 11.4 Å². The number of imide groups is 1. The minimum absolute atomic E-state index is 0.210. The van der Waals surface area contributed by atoms with Crippen molar-refractivity contribution in [1.82, 2.24) is 14.9 Å². The largest absolute Gasteiger partial charge is 0.294 e. The van der Waals surface area contributed by atoms with Gasteiger partial charge in [0.2, 0.25) is 5.91 Å². The lowest BCUT2D eigenvalue weighted by Gasteiger charge is -2.33. The van der Waals surface area contributed by atoms with Crippen molar-refractivity contribution >= 4 is 22.7 Å². The highest BCUT2D eigenvalue weighted by Crippen LogP contribution is 2.24. The number of piperidine rings is 1. The SMILES string of the molecule is C[C@]1(n2cnc3ccccc3c2=O)CCC(=O)NC1=O. The Morgan fingerprint density at radius 3 is 2.75 bits per heavy atom. The van der Waals surface area contributed by atoms with E-state index in [0.29, 0.717) is 10.9 Å². The molecule has 2 amide bonds. The summed E-state index contributed by atoms with van der Waals surface area (Å²) in [6.45, 7) is 1.65. The average molecular weight is 271 g/mol. The Hall–Kier alpha value is -2.50. The maximum Gasteiger partial charge on any atom is 0.262 e. The van der Waals surface area contributed by atoms with E-state index in [9.17, 15) is 14.4 Å². The Labute approximate surface area is 114 Å². The van der Waals surface area contributed by atoms with Crippen LogP contribution >= 0.6 is 0 Å². The number of nitrogens with one attached hydrogen (secondary N) is 1. The second-order valence-electron chi connectivity index (χ2n) is 5.09. The van der Waals surface area contributed by atoms with Crippen molar-refractivity contribution < 1.29 is 9.59 Å². The summed E-state index contributed by atoms with van der Waals surface area (Å²) >= 11 is 0. The molecule has 102 valence electrons. The maximum absolute atomic E-state index is 12.5. The van der Waals surface area contributed by atoms with Crippen LogP contribution in [-0.2, 0) is 15.1 Å². The molecule has 0 aliphatic carbocycles. The smallest absolute Gasteiger partial charge is 0.262 e. The highest BCUT2D eigenvalue weighted by molar-refractivity contribution is 6.01. The summed E-state index contributed by atoms with van der Waals surface area (Å²) in [5.74, 6) is -0.776. The van der Waals surface area contributed by atoms with Crippen LogP contribution in [0.5, 0.6) is 0 Å². The molecule has 0 saturated carbocycles. The molecule has 1 aromatic carbocycles. The minimum Gasteiger partial charge on any atom is -0.294 e. The highest BCUT2D eigenvalue weighted by atomic mass is 16.2. The monoisotopic (exact) mass is 271 g/mol. The van der Waals surface area contributed by atoms with E-state index in [0.717, 1.165) is 0 Å². The van der Waals surface area contributed by atoms with Gasteiger partial charge in [0.05, 0.1) is 17.2 Å². The van der Waals surface area contributed by atoms with Gasteiger partial charge in [-0.05, 0) is 25.5 Å². The molecular formula is C14H13N3O3. The Morgan fingerprint density at radius 2 is 2.00 bits per heavy atom. The summed E-state index contributed by atoms with van der Waals surface area (Å²) in [5, 5.41) is 2.74. The van der Waals surface area contributed by atoms with E-state index in [1.54, 1.807) is 31.2 Å². The predicted molar refractivity (Wildman–Crippen MR) is 72.0 cm³/mol. The summed E-state index contributed by atoms with van der Waals surface area (Å²) in [5.41, 5.74) is -0.769. The molecule has 0 spiro atoms. The number of hydrogen-bond donors (Lipinski definition) is 1. The van der Waals surface area contributed by atoms with E-state index in [2.05, 4.69) is 10.3 Å². The summed E-state index contributed by atoms with van der Waals surface area (Å²) < 4.78 is 1.32. The molecule has 1 saturated heterocycles. The van der Waals surface area contributed by atoms with E-state index >= 15 is 0 Å². The molecule has 3 rings (SSSR count). The van der Waals surface area contributed by atoms with Crippen LogP contribution < -0.4 is 10.9 Å². The molecule has 1 aliphatic rings. The van der Waals surface area contributed by atoms with Crippen molar-refractivity contribution in [3.8, 4) is 0 Å². The van der Waals surface area contributed by atoms with Gasteiger partial charge in [0.25, 0.3) is 11.5 Å². The minimum atomic E-state index is -1.08. The molecule has 2 heterocycles. The van der Waals surface area contributed by atoms with Crippen molar-refractivity contribution in [3.63, 3.8) is 0 Å². The van der Waals surface area contributed by atoms with Crippen molar-refractivity contribution in [2.45, 2.75) is 25.3 Å². The van der Waals surface area contributed by atoms with Gasteiger partial charge in [-0.1, -0.05) is 12.1 Å². The zero-order chi connectivity index (χ0) is 14.3. The standard InChI is InChI=1S/C14H13N3O3/c1-14(7-6-11(18)16-13(14)20)17-8-15-10-5-3-2-4-9(10)12(17)19/h2-5,8H,6-7H2,1H3,(H,16,18,20)/t14-/m0/s1. The van der Waals surface area contributed by atoms with Crippen LogP contribution in [0, 0.1) is 0 Å². The fraction of sp³-hybridized carbons (Fsp3) is 0.286. The van der Waals surface area contributed by atoms with Crippen molar-refractivity contribution in [3.05, 3.63) is 40.9 Å². The van der Waals surface area contributed by atoms with Gasteiger partial charge < -0.3 is 0 Å². The van der Waals surface area contributed by atoms with Gasteiger partial charge in [0, 0.05) is 6.42 Å². The summed E-state index contributed by atoms with van der Waals surface area (Å²) in [6, 6.07) is 6.97. The molecule has 1 aliphatic heterocycles. The van der Waals surface area contributed by atoms with E-state index in [1.807, 2.05) is 0 Å². The number of aromatic nitrogens is 2. The van der Waals surface area contributed by atoms with Gasteiger partial charge in [0.1, 0.15) is 5.54 Å². The van der Waals surface area contributed by atoms with Crippen LogP contribution in [0.4, 0.5) is 0 Å². The van der Waals surface area contributed by atoms with Crippen LogP contribution in [0.25, 0.3) is 10.9 Å². The third-order valence-corrected chi connectivity index (χ3v) is 3.78. The van der Waals surface area contributed by atoms with Crippen LogP contribution in [0.15, 0.2) is 35.4 Å². The lowest BCUT2D eigenvalue weighted by molar-refractivity contribution is -0.140. The maximum atomic E-state index is 12.5. The molecule has 6 heteroatoms. The molecule has 1 aromatic heterocycles. The van der Waals surface area contributed by atoms with Gasteiger partial charge in [-0.25, -0.2) is 4.98 Å². The van der Waals surface area contributed by atoms with Gasteiger partial charge in [0.15, 0.2) is 0 Å². The fourth-order valence-electron chi connectivity index (χ4n) is 2.44. The number of hydrogen-bond acceptors (Lipinski definition) is 4. The molecule has 2 aromatic rings. The van der Waals surface area contributed by atoms with E-state index in [1.165, 1.54) is 10.9 Å². The number of carbonyl (C=O) groups excluding carboxylic acids is 2. The molecule has 1 atom stereocenters. The number of carbonyl (C=O) groups is 2. The third-order valence-electron chi connectivity index (χ3n) is 3.78. The molecular weight excluding hydrogens is 258 g/mol. The normalized spacial score (nSPS) is 22.9. The second kappa shape index (κ2) is 4.26. The molecule has 1 fully saturated rings. The first-order valence-electron chi connectivity index (χ1n) is 6.33. The molecule has 6 nitrogen and oxygen atoms in total. The lowest BCUT2D eigenvalue weighted by Crippen LogP contribution is -2.55. The zero-order valence-corrected chi connectivity index (χ0v) is 10.9. The molecule has 0 bridgehead atoms. The van der Waals surface area contributed by atoms with Crippen LogP contribution in [-0.4, -0.2) is 21.4 Å². The van der Waals surface area contributed by atoms with Crippen LogP contribution in [0.3, 0.4) is 0 Å². The number of amides is 2. The third kappa shape index (κ3) is 1.72. The number of rotatable bonds is 1. The second-order valence-corrected chi connectivity index (χ2v) is 5.09. The molecule has 1 N–H and O–H groups in total. The fourth-order valence-corrected chi connectivity index (χ4v) is 2.44. The topological polar surface area (TPSA) is 81.1 Å². The van der Waals surface area contributed by atoms with Crippen molar-refractivity contribution in [1.29, 1.82) is 0 Å². The number of para-hydroxylation sites is 1. The Kier molecular flexibility index (Phi) is 2.67. The zero-order valence-electron chi connectivity index (χ0n) is 10.9. The molecule has 20 heavy (non-hydrogen) atoms. The number of fused-ring (bicyclic) bond motifs is 1. The first-order valence-corrected chi connectivity index (χ1v) is 6.33. The quantitative estimate of drug-likeness (QED) is 0.768. The lowest BCUT2D eigenvalue weighted by atomic mass is 9.90. The summed E-state index contributed by atoms with van der Waals surface area (Å²) in [7, 11) is 0.